The number of anilines is 1. The zero-order chi connectivity index (χ0) is 17.6. The van der Waals surface area contributed by atoms with Crippen molar-refractivity contribution in [2.24, 2.45) is 0 Å². The van der Waals surface area contributed by atoms with Gasteiger partial charge in [-0.05, 0) is 36.8 Å². The van der Waals surface area contributed by atoms with Crippen LogP contribution in [0.5, 0.6) is 5.75 Å². The normalized spacial score (nSPS) is 17.2. The van der Waals surface area contributed by atoms with Gasteiger partial charge >= 0.3 is 0 Å². The van der Waals surface area contributed by atoms with Gasteiger partial charge in [-0.3, -0.25) is 9.59 Å². The minimum absolute atomic E-state index is 0.137. The van der Waals surface area contributed by atoms with Gasteiger partial charge < -0.3 is 10.1 Å². The van der Waals surface area contributed by atoms with Gasteiger partial charge in [0.1, 0.15) is 5.75 Å². The molecule has 1 saturated heterocycles. The summed E-state index contributed by atoms with van der Waals surface area (Å²) in [6.07, 6.45) is 1.13. The lowest BCUT2D eigenvalue weighted by Crippen LogP contribution is -2.92. The summed E-state index contributed by atoms with van der Waals surface area (Å²) >= 11 is 0. The predicted molar refractivity (Wildman–Crippen MR) is 95.4 cm³/mol. The van der Waals surface area contributed by atoms with Crippen LogP contribution in [0.3, 0.4) is 0 Å². The Labute approximate surface area is 147 Å². The molecule has 0 radical (unpaired) electrons. The molecule has 2 N–H and O–H groups in total. The number of hydrogen-bond acceptors (Lipinski definition) is 3. The Bertz CT molecular complexity index is 728. The summed E-state index contributed by atoms with van der Waals surface area (Å²) < 4.78 is 5.40. The van der Waals surface area contributed by atoms with Crippen LogP contribution in [0.2, 0.25) is 0 Å². The molecular formula is C20H23N2O3+. The lowest BCUT2D eigenvalue weighted by atomic mass is 10.1. The monoisotopic (exact) mass is 339 g/mol. The van der Waals surface area contributed by atoms with Crippen molar-refractivity contribution in [3.63, 3.8) is 0 Å². The third-order valence-corrected chi connectivity index (χ3v) is 4.31. The van der Waals surface area contributed by atoms with E-state index in [-0.39, 0.29) is 24.3 Å². The molecule has 2 aromatic carbocycles. The Morgan fingerprint density at radius 2 is 1.80 bits per heavy atom. The van der Waals surface area contributed by atoms with Gasteiger partial charge in [0.2, 0.25) is 5.91 Å². The van der Waals surface area contributed by atoms with Gasteiger partial charge in [0.25, 0.3) is 5.91 Å². The summed E-state index contributed by atoms with van der Waals surface area (Å²) in [7, 11) is 0. The molecule has 130 valence electrons. The average molecular weight is 339 g/mol. The number of quaternary nitrogens is 1. The number of nitrogens with zero attached hydrogens (tertiary/aromatic N) is 1. The summed E-state index contributed by atoms with van der Waals surface area (Å²) in [6.45, 7) is 3.28. The molecule has 2 amide bonds. The molecule has 5 nitrogen and oxygen atoms in total. The van der Waals surface area contributed by atoms with Crippen LogP contribution in [-0.4, -0.2) is 31.0 Å². The van der Waals surface area contributed by atoms with Gasteiger partial charge in [-0.2, -0.15) is 0 Å². The largest absolute Gasteiger partial charge is 0.494 e. The summed E-state index contributed by atoms with van der Waals surface area (Å²) in [5, 5.41) is 1.97. The van der Waals surface area contributed by atoms with E-state index in [4.69, 9.17) is 4.74 Å². The third-order valence-electron chi connectivity index (χ3n) is 4.31. The number of amides is 2. The molecule has 0 bridgehead atoms. The smallest absolute Gasteiger partial charge is 0.292 e. The van der Waals surface area contributed by atoms with E-state index in [2.05, 4.69) is 12.1 Å². The number of ether oxygens (including phenoxy) is 1. The maximum absolute atomic E-state index is 12.6. The fourth-order valence-electron chi connectivity index (χ4n) is 3.06. The van der Waals surface area contributed by atoms with E-state index in [0.29, 0.717) is 12.3 Å². The van der Waals surface area contributed by atoms with Crippen LogP contribution in [0.4, 0.5) is 5.69 Å². The molecule has 1 fully saturated rings. The lowest BCUT2D eigenvalue weighted by molar-refractivity contribution is -0.674. The Kier molecular flexibility index (Phi) is 5.46. The number of hydrogen-bond donors (Lipinski definition) is 1. The third kappa shape index (κ3) is 4.06. The number of imide groups is 1. The van der Waals surface area contributed by atoms with Crippen molar-refractivity contribution >= 4 is 17.5 Å². The molecule has 25 heavy (non-hydrogen) atoms. The molecule has 0 unspecified atom stereocenters. The van der Waals surface area contributed by atoms with Crippen molar-refractivity contribution in [1.29, 1.82) is 0 Å². The Morgan fingerprint density at radius 1 is 1.08 bits per heavy atom. The van der Waals surface area contributed by atoms with E-state index in [0.717, 1.165) is 18.7 Å². The summed E-state index contributed by atoms with van der Waals surface area (Å²) in [6, 6.07) is 16.9. The number of carbonyl (C=O) groups is 2. The van der Waals surface area contributed by atoms with Crippen molar-refractivity contribution in [1.82, 2.24) is 0 Å². The fraction of sp³-hybridized carbons (Fsp3) is 0.300. The Balaban J connectivity index is 1.59. The first-order valence-electron chi connectivity index (χ1n) is 8.66. The highest BCUT2D eigenvalue weighted by atomic mass is 16.5. The number of nitrogens with two attached hydrogens (primary N) is 1. The molecule has 0 aliphatic carbocycles. The van der Waals surface area contributed by atoms with Gasteiger partial charge in [0.15, 0.2) is 6.04 Å². The molecular weight excluding hydrogens is 316 g/mol. The highest BCUT2D eigenvalue weighted by Gasteiger charge is 2.42. The molecule has 1 aliphatic heterocycles. The lowest BCUT2D eigenvalue weighted by Gasteiger charge is -2.15. The molecule has 3 rings (SSSR count). The maximum atomic E-state index is 12.6. The molecule has 0 aromatic heterocycles. The van der Waals surface area contributed by atoms with Crippen molar-refractivity contribution in [3.8, 4) is 5.75 Å². The maximum Gasteiger partial charge on any atom is 0.292 e. The van der Waals surface area contributed by atoms with Crippen LogP contribution >= 0.6 is 0 Å². The second-order valence-electron chi connectivity index (χ2n) is 6.06. The zero-order valence-electron chi connectivity index (χ0n) is 14.4. The number of benzene rings is 2. The van der Waals surface area contributed by atoms with Gasteiger partial charge in [-0.15, -0.1) is 0 Å². The van der Waals surface area contributed by atoms with E-state index >= 15 is 0 Å². The summed E-state index contributed by atoms with van der Waals surface area (Å²) in [5.41, 5.74) is 1.84. The zero-order valence-corrected chi connectivity index (χ0v) is 14.4. The molecule has 2 aromatic rings. The second-order valence-corrected chi connectivity index (χ2v) is 6.06. The highest BCUT2D eigenvalue weighted by molar-refractivity contribution is 6.21. The van der Waals surface area contributed by atoms with Crippen LogP contribution in [0, 0.1) is 0 Å². The minimum atomic E-state index is -0.331. The van der Waals surface area contributed by atoms with Crippen molar-refractivity contribution < 1.29 is 19.6 Å². The molecule has 1 atom stereocenters. The van der Waals surface area contributed by atoms with Gasteiger partial charge in [-0.25, -0.2) is 4.90 Å². The van der Waals surface area contributed by atoms with Crippen molar-refractivity contribution in [2.45, 2.75) is 25.8 Å². The van der Waals surface area contributed by atoms with E-state index < -0.39 is 0 Å². The summed E-state index contributed by atoms with van der Waals surface area (Å²) in [4.78, 5) is 26.2. The van der Waals surface area contributed by atoms with E-state index in [1.54, 1.807) is 24.3 Å². The quantitative estimate of drug-likeness (QED) is 0.778. The van der Waals surface area contributed by atoms with Gasteiger partial charge in [0, 0.05) is 6.42 Å². The first kappa shape index (κ1) is 17.2. The number of rotatable bonds is 7. The van der Waals surface area contributed by atoms with Crippen LogP contribution in [0.1, 0.15) is 18.9 Å². The SMILES string of the molecule is CCOc1ccc(N2C(=O)C[C@@H]([NH2+]CCc3ccccc3)C2=O)cc1. The Morgan fingerprint density at radius 3 is 2.48 bits per heavy atom. The topological polar surface area (TPSA) is 63.2 Å². The molecule has 0 saturated carbocycles. The van der Waals surface area contributed by atoms with E-state index in [1.807, 2.05) is 30.4 Å². The molecule has 1 heterocycles. The van der Waals surface area contributed by atoms with E-state index in [1.165, 1.54) is 10.5 Å². The molecule has 0 spiro atoms. The van der Waals surface area contributed by atoms with Crippen LogP contribution in [0.25, 0.3) is 0 Å². The number of carbonyl (C=O) groups excluding carboxylic acids is 2. The van der Waals surface area contributed by atoms with Crippen LogP contribution in [0.15, 0.2) is 54.6 Å². The first-order chi connectivity index (χ1) is 12.2. The molecule has 5 heteroatoms. The van der Waals surface area contributed by atoms with Crippen molar-refractivity contribution in [2.75, 3.05) is 18.1 Å². The first-order valence-corrected chi connectivity index (χ1v) is 8.66. The van der Waals surface area contributed by atoms with Crippen LogP contribution < -0.4 is 15.0 Å². The molecule has 1 aliphatic rings. The fourth-order valence-corrected chi connectivity index (χ4v) is 3.06. The highest BCUT2D eigenvalue weighted by Crippen LogP contribution is 2.24. The van der Waals surface area contributed by atoms with Gasteiger partial charge in [-0.1, -0.05) is 30.3 Å². The Hall–Kier alpha value is -2.66. The second kappa shape index (κ2) is 7.94. The van der Waals surface area contributed by atoms with Gasteiger partial charge in [0.05, 0.1) is 25.3 Å². The average Bonchev–Trinajstić information content (AvgIpc) is 2.91. The summed E-state index contributed by atoms with van der Waals surface area (Å²) in [5.74, 6) is 0.452. The van der Waals surface area contributed by atoms with Crippen LogP contribution in [-0.2, 0) is 16.0 Å². The predicted octanol–water partition coefficient (Wildman–Crippen LogP) is 1.52. The minimum Gasteiger partial charge on any atom is -0.494 e. The van der Waals surface area contributed by atoms with E-state index in [9.17, 15) is 9.59 Å². The standard InChI is InChI=1S/C20H22N2O3/c1-2-25-17-10-8-16(9-11-17)22-19(23)14-18(20(22)24)21-13-12-15-6-4-3-5-7-15/h3-11,18,21H,2,12-14H2,1H3/p+1/t18-/m1/s1. The van der Waals surface area contributed by atoms with Crippen molar-refractivity contribution in [3.05, 3.63) is 60.2 Å².